The number of hydrogen-bond donors (Lipinski definition) is 1. The molecule has 0 saturated carbocycles. The van der Waals surface area contributed by atoms with E-state index in [0.717, 1.165) is 6.42 Å². The summed E-state index contributed by atoms with van der Waals surface area (Å²) >= 11 is 5.94. The lowest BCUT2D eigenvalue weighted by molar-refractivity contribution is 0.708. The molecule has 1 aromatic carbocycles. The Balaban J connectivity index is 1.99. The highest BCUT2D eigenvalue weighted by Gasteiger charge is 2.06. The molecule has 1 N–H and O–H groups in total. The zero-order valence-corrected chi connectivity index (χ0v) is 10.8. The predicted octanol–water partition coefficient (Wildman–Crippen LogP) is 2.09. The molecule has 1 heterocycles. The summed E-state index contributed by atoms with van der Waals surface area (Å²) in [6.07, 6.45) is 2.43. The van der Waals surface area contributed by atoms with Crippen molar-refractivity contribution in [2.75, 3.05) is 11.9 Å². The third-order valence-electron chi connectivity index (χ3n) is 2.65. The number of nitrogens with zero attached hydrogens (tertiary/aromatic N) is 2. The first-order valence-corrected chi connectivity index (χ1v) is 6.06. The number of aromatic nitrogens is 2. The number of nitrogens with one attached hydrogen (secondary N) is 1. The van der Waals surface area contributed by atoms with Crippen molar-refractivity contribution in [2.24, 2.45) is 7.05 Å². The minimum Gasteiger partial charge on any atom is -0.382 e. The fourth-order valence-electron chi connectivity index (χ4n) is 1.62. The van der Waals surface area contributed by atoms with E-state index in [1.807, 2.05) is 18.2 Å². The molecule has 94 valence electrons. The van der Waals surface area contributed by atoms with Crippen molar-refractivity contribution in [2.45, 2.75) is 6.42 Å². The van der Waals surface area contributed by atoms with E-state index in [0.29, 0.717) is 12.2 Å². The molecule has 18 heavy (non-hydrogen) atoms. The molecule has 2 aromatic rings. The van der Waals surface area contributed by atoms with Crippen LogP contribution in [0.2, 0.25) is 5.02 Å². The third-order valence-corrected chi connectivity index (χ3v) is 3.02. The van der Waals surface area contributed by atoms with Gasteiger partial charge in [0, 0.05) is 13.6 Å². The highest BCUT2D eigenvalue weighted by atomic mass is 35.5. The van der Waals surface area contributed by atoms with E-state index in [9.17, 15) is 4.79 Å². The fourth-order valence-corrected chi connectivity index (χ4v) is 1.86. The largest absolute Gasteiger partial charge is 0.382 e. The Morgan fingerprint density at radius 1 is 1.33 bits per heavy atom. The Morgan fingerprint density at radius 3 is 2.78 bits per heavy atom. The quantitative estimate of drug-likeness (QED) is 0.919. The van der Waals surface area contributed by atoms with E-state index in [1.54, 1.807) is 13.2 Å². The van der Waals surface area contributed by atoms with Crippen molar-refractivity contribution >= 4 is 17.3 Å². The van der Waals surface area contributed by atoms with Crippen LogP contribution in [-0.2, 0) is 13.5 Å². The van der Waals surface area contributed by atoms with Crippen LogP contribution in [0.4, 0.5) is 5.69 Å². The number of aryl methyl sites for hydroxylation is 1. The number of benzene rings is 1. The smallest absolute Gasteiger partial charge is 0.287 e. The van der Waals surface area contributed by atoms with Gasteiger partial charge in [-0.2, -0.15) is 5.10 Å². The van der Waals surface area contributed by atoms with Crippen LogP contribution in [0.25, 0.3) is 0 Å². The topological polar surface area (TPSA) is 46.9 Å². The van der Waals surface area contributed by atoms with Gasteiger partial charge in [-0.25, -0.2) is 4.68 Å². The molecule has 0 aliphatic carbocycles. The molecule has 5 heteroatoms. The maximum Gasteiger partial charge on any atom is 0.287 e. The molecule has 0 spiro atoms. The molecule has 0 fully saturated rings. The Kier molecular flexibility index (Phi) is 3.99. The molecule has 1 aromatic heterocycles. The minimum atomic E-state index is -0.290. The average Bonchev–Trinajstić information content (AvgIpc) is 2.40. The minimum absolute atomic E-state index is 0.181. The van der Waals surface area contributed by atoms with Crippen molar-refractivity contribution in [3.05, 3.63) is 57.5 Å². The molecular weight excluding hydrogens is 250 g/mol. The first-order valence-electron chi connectivity index (χ1n) is 5.68. The zero-order valence-electron chi connectivity index (χ0n) is 10.1. The summed E-state index contributed by atoms with van der Waals surface area (Å²) < 4.78 is 1.21. The van der Waals surface area contributed by atoms with Crippen LogP contribution in [0.3, 0.4) is 0 Å². The molecule has 0 bridgehead atoms. The standard InChI is InChI=1S/C13H14ClN3O/c1-17-13(18)12(14)11(9-16-17)15-8-7-10-5-3-2-4-6-10/h2-6,9,15H,7-8H2,1H3. The van der Waals surface area contributed by atoms with Gasteiger partial charge in [0.25, 0.3) is 5.56 Å². The lowest BCUT2D eigenvalue weighted by Gasteiger charge is -2.08. The van der Waals surface area contributed by atoms with Crippen LogP contribution in [0.15, 0.2) is 41.3 Å². The van der Waals surface area contributed by atoms with Crippen LogP contribution < -0.4 is 10.9 Å². The second-order valence-electron chi connectivity index (χ2n) is 3.96. The normalized spacial score (nSPS) is 10.3. The summed E-state index contributed by atoms with van der Waals surface area (Å²) in [6.45, 7) is 0.707. The van der Waals surface area contributed by atoms with Gasteiger partial charge in [0.15, 0.2) is 0 Å². The second kappa shape index (κ2) is 5.69. The molecule has 0 saturated heterocycles. The molecule has 0 unspecified atom stereocenters. The average molecular weight is 264 g/mol. The maximum atomic E-state index is 11.6. The molecule has 0 aliphatic heterocycles. The molecule has 0 aliphatic rings. The lowest BCUT2D eigenvalue weighted by Crippen LogP contribution is -2.21. The summed E-state index contributed by atoms with van der Waals surface area (Å²) in [5, 5.41) is 7.23. The highest BCUT2D eigenvalue weighted by Crippen LogP contribution is 2.14. The van der Waals surface area contributed by atoms with E-state index in [-0.39, 0.29) is 10.6 Å². The summed E-state index contributed by atoms with van der Waals surface area (Å²) in [5.74, 6) is 0. The predicted molar refractivity (Wildman–Crippen MR) is 73.1 cm³/mol. The number of hydrogen-bond acceptors (Lipinski definition) is 3. The van der Waals surface area contributed by atoms with Crippen LogP contribution in [0, 0.1) is 0 Å². The number of rotatable bonds is 4. The Hall–Kier alpha value is -1.81. The molecule has 0 atom stereocenters. The van der Waals surface area contributed by atoms with Gasteiger partial charge in [0.2, 0.25) is 0 Å². The van der Waals surface area contributed by atoms with E-state index < -0.39 is 0 Å². The van der Waals surface area contributed by atoms with E-state index in [4.69, 9.17) is 11.6 Å². The van der Waals surface area contributed by atoms with Gasteiger partial charge in [0.1, 0.15) is 5.02 Å². The van der Waals surface area contributed by atoms with E-state index in [1.165, 1.54) is 10.2 Å². The van der Waals surface area contributed by atoms with Gasteiger partial charge >= 0.3 is 0 Å². The molecule has 4 nitrogen and oxygen atoms in total. The Morgan fingerprint density at radius 2 is 2.06 bits per heavy atom. The highest BCUT2D eigenvalue weighted by molar-refractivity contribution is 6.32. The van der Waals surface area contributed by atoms with Gasteiger partial charge in [-0.3, -0.25) is 4.79 Å². The zero-order chi connectivity index (χ0) is 13.0. The molecule has 0 radical (unpaired) electrons. The van der Waals surface area contributed by atoms with Crippen molar-refractivity contribution in [3.63, 3.8) is 0 Å². The van der Waals surface area contributed by atoms with Crippen LogP contribution in [0.1, 0.15) is 5.56 Å². The molecule has 2 rings (SSSR count). The van der Waals surface area contributed by atoms with Crippen molar-refractivity contribution < 1.29 is 0 Å². The van der Waals surface area contributed by atoms with Crippen molar-refractivity contribution in [3.8, 4) is 0 Å². The summed E-state index contributed by atoms with van der Waals surface area (Å²) in [7, 11) is 1.57. The van der Waals surface area contributed by atoms with Crippen LogP contribution >= 0.6 is 11.6 Å². The van der Waals surface area contributed by atoms with Crippen LogP contribution in [-0.4, -0.2) is 16.3 Å². The molecular formula is C13H14ClN3O. The first kappa shape index (κ1) is 12.6. The first-order chi connectivity index (χ1) is 8.68. The van der Waals surface area contributed by atoms with Gasteiger partial charge in [-0.05, 0) is 12.0 Å². The monoisotopic (exact) mass is 263 g/mol. The lowest BCUT2D eigenvalue weighted by atomic mass is 10.1. The van der Waals surface area contributed by atoms with Gasteiger partial charge in [0.05, 0.1) is 11.9 Å². The number of anilines is 1. The summed E-state index contributed by atoms with van der Waals surface area (Å²) in [4.78, 5) is 11.6. The van der Waals surface area contributed by atoms with E-state index >= 15 is 0 Å². The Bertz CT molecular complexity index is 581. The van der Waals surface area contributed by atoms with E-state index in [2.05, 4.69) is 22.5 Å². The van der Waals surface area contributed by atoms with Crippen LogP contribution in [0.5, 0.6) is 0 Å². The van der Waals surface area contributed by atoms with Crippen molar-refractivity contribution in [1.29, 1.82) is 0 Å². The van der Waals surface area contributed by atoms with Gasteiger partial charge in [-0.15, -0.1) is 0 Å². The number of halogens is 1. The Labute approximate surface area is 110 Å². The summed E-state index contributed by atoms with van der Waals surface area (Å²) in [5.41, 5.74) is 1.52. The molecule has 0 amide bonds. The summed E-state index contributed by atoms with van der Waals surface area (Å²) in [6, 6.07) is 10.1. The third kappa shape index (κ3) is 2.90. The fraction of sp³-hybridized carbons (Fsp3) is 0.231. The van der Waals surface area contributed by atoms with Crippen molar-refractivity contribution in [1.82, 2.24) is 9.78 Å². The maximum absolute atomic E-state index is 11.6. The second-order valence-corrected chi connectivity index (χ2v) is 4.34. The van der Waals surface area contributed by atoms with Gasteiger partial charge < -0.3 is 5.32 Å². The SMILES string of the molecule is Cn1ncc(NCCc2ccccc2)c(Cl)c1=O. The van der Waals surface area contributed by atoms with Gasteiger partial charge in [-0.1, -0.05) is 41.9 Å².